The minimum Gasteiger partial charge on any atom is -0.461 e. The fourth-order valence-electron chi connectivity index (χ4n) is 2.76. The predicted molar refractivity (Wildman–Crippen MR) is 50.8 cm³/mol. The normalized spacial score (nSPS) is 42.5. The minimum atomic E-state index is -0.253. The third-order valence-corrected chi connectivity index (χ3v) is 3.47. The number of aliphatic hydroxyl groups is 1. The molecule has 4 heteroatoms. The summed E-state index contributed by atoms with van der Waals surface area (Å²) in [5, 5.41) is 9.74. The van der Waals surface area contributed by atoms with Gasteiger partial charge in [-0.05, 0) is 19.9 Å². The zero-order valence-corrected chi connectivity index (χ0v) is 8.64. The molecule has 2 heterocycles. The topological polar surface area (TPSA) is 49.8 Å². The molecule has 2 aliphatic heterocycles. The molecule has 14 heavy (non-hydrogen) atoms. The molecule has 0 unspecified atom stereocenters. The maximum absolute atomic E-state index is 10.9. The highest BCUT2D eigenvalue weighted by atomic mass is 16.5. The first-order valence-electron chi connectivity index (χ1n) is 5.17. The summed E-state index contributed by atoms with van der Waals surface area (Å²) in [5.74, 6) is -0.217. The van der Waals surface area contributed by atoms with Crippen LogP contribution in [0.2, 0.25) is 0 Å². The number of carbonyl (C=O) groups is 1. The second-order valence-corrected chi connectivity index (χ2v) is 4.33. The maximum Gasteiger partial charge on any atom is 0.302 e. The molecule has 2 saturated heterocycles. The minimum absolute atomic E-state index is 0.0142. The molecule has 80 valence electrons. The molecule has 4 atom stereocenters. The summed E-state index contributed by atoms with van der Waals surface area (Å²) in [4.78, 5) is 13.0. The van der Waals surface area contributed by atoms with Gasteiger partial charge in [0.05, 0.1) is 6.10 Å². The molecule has 0 radical (unpaired) electrons. The number of piperidine rings is 1. The van der Waals surface area contributed by atoms with Crippen LogP contribution in [0.25, 0.3) is 0 Å². The van der Waals surface area contributed by atoms with Crippen LogP contribution in [-0.4, -0.2) is 47.3 Å². The number of esters is 1. The molecular formula is C10H17NO3. The molecule has 4 nitrogen and oxygen atoms in total. The van der Waals surface area contributed by atoms with Crippen molar-refractivity contribution in [2.75, 3.05) is 7.05 Å². The lowest BCUT2D eigenvalue weighted by Crippen LogP contribution is -2.46. The Morgan fingerprint density at radius 1 is 1.43 bits per heavy atom. The zero-order valence-electron chi connectivity index (χ0n) is 8.64. The van der Waals surface area contributed by atoms with E-state index in [1.54, 1.807) is 0 Å². The Kier molecular flexibility index (Phi) is 2.49. The SMILES string of the molecule is CC(=O)O[C@H]1C[C@@H]2[C@H](O)CC[C@H]1N2C. The maximum atomic E-state index is 10.9. The number of fused-ring (bicyclic) bond motifs is 2. The monoisotopic (exact) mass is 199 g/mol. The van der Waals surface area contributed by atoms with Crippen LogP contribution in [0.1, 0.15) is 26.2 Å². The lowest BCUT2D eigenvalue weighted by atomic mass is 10.0. The highest BCUT2D eigenvalue weighted by Crippen LogP contribution is 2.36. The predicted octanol–water partition coefficient (Wildman–Crippen LogP) is 0.145. The fourth-order valence-corrected chi connectivity index (χ4v) is 2.76. The fraction of sp³-hybridized carbons (Fsp3) is 0.900. The van der Waals surface area contributed by atoms with Gasteiger partial charge in [-0.25, -0.2) is 0 Å². The van der Waals surface area contributed by atoms with Gasteiger partial charge < -0.3 is 9.84 Å². The third kappa shape index (κ3) is 1.53. The number of hydrogen-bond acceptors (Lipinski definition) is 4. The summed E-state index contributed by atoms with van der Waals surface area (Å²) in [5.41, 5.74) is 0. The lowest BCUT2D eigenvalue weighted by molar-refractivity contribution is -0.147. The van der Waals surface area contributed by atoms with Crippen molar-refractivity contribution in [1.82, 2.24) is 4.90 Å². The number of aliphatic hydroxyl groups excluding tert-OH is 1. The Labute approximate surface area is 83.8 Å². The van der Waals surface area contributed by atoms with Crippen molar-refractivity contribution in [1.29, 1.82) is 0 Å². The Morgan fingerprint density at radius 3 is 2.71 bits per heavy atom. The average Bonchev–Trinajstić information content (AvgIpc) is 2.27. The molecule has 0 aliphatic carbocycles. The molecule has 2 fully saturated rings. The first-order chi connectivity index (χ1) is 6.59. The Hall–Kier alpha value is -0.610. The van der Waals surface area contributed by atoms with Crippen molar-refractivity contribution in [3.05, 3.63) is 0 Å². The van der Waals surface area contributed by atoms with Crippen LogP contribution < -0.4 is 0 Å². The van der Waals surface area contributed by atoms with E-state index in [2.05, 4.69) is 4.90 Å². The first kappa shape index (κ1) is 9.93. The van der Waals surface area contributed by atoms with Gasteiger partial charge in [0.1, 0.15) is 6.10 Å². The van der Waals surface area contributed by atoms with E-state index >= 15 is 0 Å². The van der Waals surface area contributed by atoms with Gasteiger partial charge in [0, 0.05) is 25.4 Å². The smallest absolute Gasteiger partial charge is 0.302 e. The summed E-state index contributed by atoms with van der Waals surface area (Å²) in [6.45, 7) is 1.44. The molecule has 2 aliphatic rings. The molecule has 0 spiro atoms. The number of likely N-dealkylation sites (N-methyl/N-ethyl adjacent to an activating group) is 1. The van der Waals surface area contributed by atoms with Crippen molar-refractivity contribution in [2.24, 2.45) is 0 Å². The van der Waals surface area contributed by atoms with Crippen LogP contribution >= 0.6 is 0 Å². The summed E-state index contributed by atoms with van der Waals surface area (Å²) >= 11 is 0. The molecule has 0 aromatic heterocycles. The van der Waals surface area contributed by atoms with Gasteiger partial charge in [-0.3, -0.25) is 9.69 Å². The summed E-state index contributed by atoms with van der Waals surface area (Å²) < 4.78 is 5.25. The highest BCUT2D eigenvalue weighted by Gasteiger charge is 2.47. The molecule has 0 amide bonds. The second-order valence-electron chi connectivity index (χ2n) is 4.33. The van der Waals surface area contributed by atoms with Crippen LogP contribution in [0.15, 0.2) is 0 Å². The van der Waals surface area contributed by atoms with Gasteiger partial charge in [0.2, 0.25) is 0 Å². The standard InChI is InChI=1S/C10H17NO3/c1-6(12)14-10-5-8-9(13)4-3-7(10)11(8)2/h7-10,13H,3-5H2,1-2H3/t7-,8-,9-,10+/m1/s1. The number of nitrogens with zero attached hydrogens (tertiary/aromatic N) is 1. The zero-order chi connectivity index (χ0) is 10.3. The molecule has 1 N–H and O–H groups in total. The van der Waals surface area contributed by atoms with Gasteiger partial charge in [-0.2, -0.15) is 0 Å². The third-order valence-electron chi connectivity index (χ3n) is 3.47. The van der Waals surface area contributed by atoms with Crippen LogP contribution in [0.4, 0.5) is 0 Å². The number of ether oxygens (including phenoxy) is 1. The average molecular weight is 199 g/mol. The largest absolute Gasteiger partial charge is 0.461 e. The van der Waals surface area contributed by atoms with E-state index in [0.29, 0.717) is 6.04 Å². The van der Waals surface area contributed by atoms with E-state index in [1.807, 2.05) is 7.05 Å². The Balaban J connectivity index is 2.07. The van der Waals surface area contributed by atoms with Crippen LogP contribution in [0.3, 0.4) is 0 Å². The van der Waals surface area contributed by atoms with Crippen LogP contribution in [0, 0.1) is 0 Å². The van der Waals surface area contributed by atoms with E-state index in [-0.39, 0.29) is 24.2 Å². The van der Waals surface area contributed by atoms with Crippen molar-refractivity contribution >= 4 is 5.97 Å². The molecule has 2 bridgehead atoms. The molecular weight excluding hydrogens is 182 g/mol. The van der Waals surface area contributed by atoms with E-state index < -0.39 is 0 Å². The molecule has 2 rings (SSSR count). The van der Waals surface area contributed by atoms with E-state index in [9.17, 15) is 9.90 Å². The van der Waals surface area contributed by atoms with E-state index in [4.69, 9.17) is 4.74 Å². The van der Waals surface area contributed by atoms with Crippen LogP contribution in [0.5, 0.6) is 0 Å². The Bertz CT molecular complexity index is 244. The van der Waals surface area contributed by atoms with Crippen molar-refractivity contribution in [2.45, 2.75) is 50.5 Å². The quantitative estimate of drug-likeness (QED) is 0.610. The van der Waals surface area contributed by atoms with Gasteiger partial charge in [-0.15, -0.1) is 0 Å². The molecule has 0 saturated carbocycles. The highest BCUT2D eigenvalue weighted by molar-refractivity contribution is 5.66. The van der Waals surface area contributed by atoms with E-state index in [1.165, 1.54) is 6.92 Å². The number of hydrogen-bond donors (Lipinski definition) is 1. The Morgan fingerprint density at radius 2 is 2.14 bits per heavy atom. The van der Waals surface area contributed by atoms with Crippen LogP contribution in [-0.2, 0) is 9.53 Å². The molecule has 0 aromatic carbocycles. The molecule has 0 aromatic rings. The summed E-state index contributed by atoms with van der Waals surface area (Å²) in [6, 6.07) is 0.491. The van der Waals surface area contributed by atoms with Gasteiger partial charge >= 0.3 is 5.97 Å². The van der Waals surface area contributed by atoms with Crippen molar-refractivity contribution in [3.8, 4) is 0 Å². The van der Waals surface area contributed by atoms with Crippen molar-refractivity contribution in [3.63, 3.8) is 0 Å². The van der Waals surface area contributed by atoms with Gasteiger partial charge in [-0.1, -0.05) is 0 Å². The lowest BCUT2D eigenvalue weighted by Gasteiger charge is -2.34. The van der Waals surface area contributed by atoms with Crippen molar-refractivity contribution < 1.29 is 14.6 Å². The number of carbonyl (C=O) groups excluding carboxylic acids is 1. The summed E-state index contributed by atoms with van der Waals surface area (Å²) in [6.07, 6.45) is 2.27. The van der Waals surface area contributed by atoms with Gasteiger partial charge in [0.15, 0.2) is 0 Å². The number of rotatable bonds is 1. The second kappa shape index (κ2) is 3.51. The van der Waals surface area contributed by atoms with Gasteiger partial charge in [0.25, 0.3) is 0 Å². The summed E-state index contributed by atoms with van der Waals surface area (Å²) in [7, 11) is 2.00. The first-order valence-corrected chi connectivity index (χ1v) is 5.17. The van der Waals surface area contributed by atoms with E-state index in [0.717, 1.165) is 19.3 Å².